The minimum absolute atomic E-state index is 0.0921. The summed E-state index contributed by atoms with van der Waals surface area (Å²) in [4.78, 5) is 0. The molecule has 0 atom stereocenters. The monoisotopic (exact) mass is 174 g/mol. The zero-order valence-corrected chi connectivity index (χ0v) is 9.21. The molecule has 1 heteroatoms. The first-order valence-corrected chi connectivity index (χ1v) is 4.39. The van der Waals surface area contributed by atoms with Crippen molar-refractivity contribution in [2.45, 2.75) is 41.5 Å². The van der Waals surface area contributed by atoms with Crippen LogP contribution in [0.3, 0.4) is 0 Å². The molecule has 0 fully saturated rings. The zero-order chi connectivity index (χ0) is 9.28. The van der Waals surface area contributed by atoms with Crippen LogP contribution in [0.15, 0.2) is 11.1 Å². The topological polar surface area (TPSA) is 0 Å². The average Bonchev–Trinajstić information content (AvgIpc) is 1.56. The number of hydrogen-bond donors (Lipinski definition) is 0. The first-order chi connectivity index (χ1) is 4.63. The van der Waals surface area contributed by atoms with E-state index in [1.165, 1.54) is 0 Å². The van der Waals surface area contributed by atoms with Gasteiger partial charge in [0.25, 0.3) is 0 Å². The molecule has 0 saturated carbocycles. The van der Waals surface area contributed by atoms with Gasteiger partial charge in [0, 0.05) is 5.03 Å². The van der Waals surface area contributed by atoms with Gasteiger partial charge in [0.05, 0.1) is 0 Å². The van der Waals surface area contributed by atoms with Gasteiger partial charge in [-0.2, -0.15) is 0 Å². The molecule has 0 saturated heterocycles. The summed E-state index contributed by atoms with van der Waals surface area (Å²) in [7, 11) is 0. The van der Waals surface area contributed by atoms with Crippen molar-refractivity contribution < 1.29 is 0 Å². The highest BCUT2D eigenvalue weighted by atomic mass is 35.5. The Morgan fingerprint density at radius 1 is 1.00 bits per heavy atom. The Morgan fingerprint density at radius 3 is 1.45 bits per heavy atom. The van der Waals surface area contributed by atoms with E-state index < -0.39 is 0 Å². The van der Waals surface area contributed by atoms with Crippen LogP contribution in [-0.4, -0.2) is 0 Å². The lowest BCUT2D eigenvalue weighted by molar-refractivity contribution is 0.492. The second kappa shape index (κ2) is 3.18. The Morgan fingerprint density at radius 2 is 1.36 bits per heavy atom. The fraction of sp³-hybridized carbons (Fsp3) is 0.800. The lowest BCUT2D eigenvalue weighted by Gasteiger charge is -2.21. The molecule has 0 radical (unpaired) electrons. The summed E-state index contributed by atoms with van der Waals surface area (Å²) < 4.78 is 0. The Kier molecular flexibility index (Phi) is 3.19. The summed E-state index contributed by atoms with van der Waals surface area (Å²) in [5.41, 5.74) is 0.277. The second-order valence-electron chi connectivity index (χ2n) is 5.11. The third-order valence-electron chi connectivity index (χ3n) is 1.28. The van der Waals surface area contributed by atoms with Gasteiger partial charge < -0.3 is 0 Å². The van der Waals surface area contributed by atoms with Crippen LogP contribution < -0.4 is 0 Å². The minimum Gasteiger partial charge on any atom is -0.0889 e. The van der Waals surface area contributed by atoms with Gasteiger partial charge in [0.15, 0.2) is 0 Å². The average molecular weight is 175 g/mol. The number of rotatable bonds is 0. The van der Waals surface area contributed by atoms with Crippen LogP contribution >= 0.6 is 11.6 Å². The molecule has 0 nitrogen and oxygen atoms in total. The highest BCUT2D eigenvalue weighted by Crippen LogP contribution is 2.32. The zero-order valence-electron chi connectivity index (χ0n) is 8.46. The smallest absolute Gasteiger partial charge is 0.0200 e. The van der Waals surface area contributed by atoms with Crippen LogP contribution in [0.5, 0.6) is 0 Å². The molecule has 0 heterocycles. The molecule has 0 aromatic rings. The van der Waals surface area contributed by atoms with Crippen molar-refractivity contribution in [3.63, 3.8) is 0 Å². The lowest BCUT2D eigenvalue weighted by atomic mass is 9.89. The van der Waals surface area contributed by atoms with Crippen LogP contribution in [0.4, 0.5) is 0 Å². The van der Waals surface area contributed by atoms with Gasteiger partial charge in [-0.25, -0.2) is 0 Å². The van der Waals surface area contributed by atoms with Crippen molar-refractivity contribution in [1.82, 2.24) is 0 Å². The predicted molar refractivity (Wildman–Crippen MR) is 52.8 cm³/mol. The fourth-order valence-corrected chi connectivity index (χ4v) is 0.924. The van der Waals surface area contributed by atoms with E-state index >= 15 is 0 Å². The van der Waals surface area contributed by atoms with Crippen LogP contribution in [0.1, 0.15) is 41.5 Å². The van der Waals surface area contributed by atoms with Crippen LogP contribution in [0, 0.1) is 10.8 Å². The fourth-order valence-electron chi connectivity index (χ4n) is 0.597. The van der Waals surface area contributed by atoms with Gasteiger partial charge in [-0.1, -0.05) is 59.2 Å². The van der Waals surface area contributed by atoms with E-state index in [2.05, 4.69) is 47.6 Å². The van der Waals surface area contributed by atoms with Crippen molar-refractivity contribution in [3.8, 4) is 0 Å². The molecule has 0 amide bonds. The molecule has 0 aromatic heterocycles. The summed E-state index contributed by atoms with van der Waals surface area (Å²) in [5.74, 6) is 0. The molecule has 0 aromatic carbocycles. The van der Waals surface area contributed by atoms with Crippen molar-refractivity contribution >= 4 is 11.6 Å². The van der Waals surface area contributed by atoms with Gasteiger partial charge in [-0.15, -0.1) is 0 Å². The first-order valence-electron chi connectivity index (χ1n) is 4.02. The van der Waals surface area contributed by atoms with Crippen molar-refractivity contribution in [3.05, 3.63) is 11.1 Å². The van der Waals surface area contributed by atoms with Gasteiger partial charge >= 0.3 is 0 Å². The van der Waals surface area contributed by atoms with Gasteiger partial charge in [0.2, 0.25) is 0 Å². The normalized spacial score (nSPS) is 15.4. The Labute approximate surface area is 75.6 Å². The summed E-state index contributed by atoms with van der Waals surface area (Å²) in [6, 6.07) is 0. The predicted octanol–water partition coefficient (Wildman–Crippen LogP) is 4.20. The van der Waals surface area contributed by atoms with E-state index in [1.54, 1.807) is 0 Å². The Balaban J connectivity index is 4.49. The van der Waals surface area contributed by atoms with Crippen LogP contribution in [0.25, 0.3) is 0 Å². The molecular formula is C10H19Cl. The maximum absolute atomic E-state index is 6.10. The van der Waals surface area contributed by atoms with E-state index in [1.807, 2.05) is 0 Å². The number of hydrogen-bond acceptors (Lipinski definition) is 0. The molecule has 0 aliphatic heterocycles. The molecular weight excluding hydrogens is 156 g/mol. The molecule has 0 bridgehead atoms. The summed E-state index contributed by atoms with van der Waals surface area (Å²) in [5, 5.41) is 0.949. The number of allylic oxidation sites excluding steroid dienone is 2. The van der Waals surface area contributed by atoms with Crippen LogP contribution in [-0.2, 0) is 0 Å². The summed E-state index contributed by atoms with van der Waals surface area (Å²) in [6.07, 6.45) is 2.12. The first kappa shape index (κ1) is 11.0. The molecule has 66 valence electrons. The second-order valence-corrected chi connectivity index (χ2v) is 5.52. The van der Waals surface area contributed by atoms with E-state index in [-0.39, 0.29) is 10.8 Å². The maximum Gasteiger partial charge on any atom is 0.0200 e. The van der Waals surface area contributed by atoms with E-state index in [4.69, 9.17) is 11.6 Å². The summed E-state index contributed by atoms with van der Waals surface area (Å²) >= 11 is 6.10. The maximum atomic E-state index is 6.10. The molecule has 0 N–H and O–H groups in total. The molecule has 11 heavy (non-hydrogen) atoms. The van der Waals surface area contributed by atoms with Crippen molar-refractivity contribution in [2.75, 3.05) is 0 Å². The minimum atomic E-state index is 0.0921. The van der Waals surface area contributed by atoms with E-state index in [0.29, 0.717) is 0 Å². The van der Waals surface area contributed by atoms with Crippen molar-refractivity contribution in [2.24, 2.45) is 10.8 Å². The highest BCUT2D eigenvalue weighted by molar-refractivity contribution is 6.30. The van der Waals surface area contributed by atoms with E-state index in [0.717, 1.165) is 5.03 Å². The summed E-state index contributed by atoms with van der Waals surface area (Å²) in [6.45, 7) is 12.8. The van der Waals surface area contributed by atoms with Gasteiger partial charge in [-0.05, 0) is 10.8 Å². The quantitative estimate of drug-likeness (QED) is 0.517. The molecule has 0 unspecified atom stereocenters. The van der Waals surface area contributed by atoms with Crippen LogP contribution in [0.2, 0.25) is 0 Å². The number of halogens is 1. The third-order valence-corrected chi connectivity index (χ3v) is 1.95. The standard InChI is InChI=1S/C10H19Cl/c1-9(2,3)7-8(11)10(4,5)6/h7H,1-6H3/b8-7-. The molecule has 0 aliphatic rings. The molecule has 0 aliphatic carbocycles. The Bertz CT molecular complexity index is 153. The van der Waals surface area contributed by atoms with Crippen molar-refractivity contribution in [1.29, 1.82) is 0 Å². The van der Waals surface area contributed by atoms with Gasteiger partial charge in [0.1, 0.15) is 0 Å². The SMILES string of the molecule is CC(C)(C)/C=C(\Cl)C(C)(C)C. The highest BCUT2D eigenvalue weighted by Gasteiger charge is 2.17. The largest absolute Gasteiger partial charge is 0.0889 e. The molecule has 0 rings (SSSR count). The lowest BCUT2D eigenvalue weighted by Crippen LogP contribution is -2.09. The third kappa shape index (κ3) is 5.32. The Hall–Kier alpha value is 0.0300. The van der Waals surface area contributed by atoms with E-state index in [9.17, 15) is 0 Å². The van der Waals surface area contributed by atoms with Gasteiger partial charge in [-0.3, -0.25) is 0 Å². The molecule has 0 spiro atoms.